The SMILES string of the molecule is CCS(=O)(=O)N1CCN(Cc2nc3cc(C(=O)N(C)C)ccc3n2C)CC1. The number of fused-ring (bicyclic) bond motifs is 1. The number of imidazole rings is 1. The first kappa shape index (κ1) is 19.8. The summed E-state index contributed by atoms with van der Waals surface area (Å²) in [7, 11) is 2.31. The number of carbonyl (C=O) groups excluding carboxylic acids is 1. The number of aryl methyl sites for hydroxylation is 1. The van der Waals surface area contributed by atoms with Gasteiger partial charge in [-0.25, -0.2) is 13.4 Å². The Morgan fingerprint density at radius 3 is 2.44 bits per heavy atom. The van der Waals surface area contributed by atoms with Crippen LogP contribution in [-0.2, 0) is 23.6 Å². The Morgan fingerprint density at radius 1 is 1.19 bits per heavy atom. The molecule has 1 aromatic heterocycles. The van der Waals surface area contributed by atoms with E-state index in [0.717, 1.165) is 16.9 Å². The van der Waals surface area contributed by atoms with Gasteiger partial charge in [0.1, 0.15) is 5.82 Å². The molecule has 3 rings (SSSR count). The van der Waals surface area contributed by atoms with Crippen LogP contribution in [0.15, 0.2) is 18.2 Å². The van der Waals surface area contributed by atoms with Gasteiger partial charge < -0.3 is 9.47 Å². The first-order valence-corrected chi connectivity index (χ1v) is 10.7. The Morgan fingerprint density at radius 2 is 1.85 bits per heavy atom. The fraction of sp³-hybridized carbons (Fsp3) is 0.556. The molecule has 2 aromatic rings. The van der Waals surface area contributed by atoms with Crippen LogP contribution in [0.3, 0.4) is 0 Å². The molecule has 1 fully saturated rings. The lowest BCUT2D eigenvalue weighted by atomic mass is 10.2. The Kier molecular flexibility index (Phi) is 5.55. The summed E-state index contributed by atoms with van der Waals surface area (Å²) in [5.74, 6) is 1.01. The van der Waals surface area contributed by atoms with Crippen LogP contribution in [0.25, 0.3) is 11.0 Å². The highest BCUT2D eigenvalue weighted by atomic mass is 32.2. The van der Waals surface area contributed by atoms with E-state index in [4.69, 9.17) is 4.98 Å². The van der Waals surface area contributed by atoms with Crippen LogP contribution in [-0.4, -0.2) is 84.0 Å². The predicted octanol–water partition coefficient (Wildman–Crippen LogP) is 0.742. The van der Waals surface area contributed by atoms with Crippen molar-refractivity contribution >= 4 is 27.0 Å². The predicted molar refractivity (Wildman–Crippen MR) is 105 cm³/mol. The highest BCUT2D eigenvalue weighted by Crippen LogP contribution is 2.19. The Hall–Kier alpha value is -1.97. The van der Waals surface area contributed by atoms with Gasteiger partial charge in [0.25, 0.3) is 5.91 Å². The number of aromatic nitrogens is 2. The van der Waals surface area contributed by atoms with Gasteiger partial charge in [0.05, 0.1) is 23.3 Å². The highest BCUT2D eigenvalue weighted by molar-refractivity contribution is 7.89. The molecule has 0 bridgehead atoms. The summed E-state index contributed by atoms with van der Waals surface area (Å²) in [4.78, 5) is 20.6. The van der Waals surface area contributed by atoms with E-state index in [9.17, 15) is 13.2 Å². The molecule has 1 aromatic carbocycles. The number of nitrogens with zero attached hydrogens (tertiary/aromatic N) is 5. The minimum Gasteiger partial charge on any atom is -0.345 e. The summed E-state index contributed by atoms with van der Waals surface area (Å²) < 4.78 is 27.6. The molecule has 0 saturated carbocycles. The van der Waals surface area contributed by atoms with Crippen LogP contribution in [0.4, 0.5) is 0 Å². The summed E-state index contributed by atoms with van der Waals surface area (Å²) in [5.41, 5.74) is 2.40. The molecule has 9 heteroatoms. The highest BCUT2D eigenvalue weighted by Gasteiger charge is 2.26. The summed E-state index contributed by atoms with van der Waals surface area (Å²) in [5, 5.41) is 0. The van der Waals surface area contributed by atoms with Crippen LogP contribution in [0.1, 0.15) is 23.1 Å². The zero-order chi connectivity index (χ0) is 19.8. The van der Waals surface area contributed by atoms with Gasteiger partial charge in [0, 0.05) is 52.9 Å². The van der Waals surface area contributed by atoms with Gasteiger partial charge in [0.15, 0.2) is 0 Å². The topological polar surface area (TPSA) is 78.8 Å². The van der Waals surface area contributed by atoms with E-state index in [1.807, 2.05) is 29.8 Å². The standard InChI is InChI=1S/C18H27N5O3S/c1-5-27(25,26)23-10-8-22(9-11-23)13-17-19-15-12-14(18(24)20(2)3)6-7-16(15)21(17)4/h6-7,12H,5,8-11,13H2,1-4H3. The van der Waals surface area contributed by atoms with Gasteiger partial charge in [-0.15, -0.1) is 0 Å². The van der Waals surface area contributed by atoms with Crippen molar-refractivity contribution in [1.29, 1.82) is 0 Å². The van der Waals surface area contributed by atoms with Crippen LogP contribution >= 0.6 is 0 Å². The summed E-state index contributed by atoms with van der Waals surface area (Å²) in [6.07, 6.45) is 0. The molecule has 0 radical (unpaired) electrons. The van der Waals surface area contributed by atoms with Crippen LogP contribution in [0.2, 0.25) is 0 Å². The van der Waals surface area contributed by atoms with Gasteiger partial charge in [-0.2, -0.15) is 4.31 Å². The Bertz CT molecular complexity index is 943. The summed E-state index contributed by atoms with van der Waals surface area (Å²) in [6, 6.07) is 5.58. The fourth-order valence-corrected chi connectivity index (χ4v) is 4.42. The second-order valence-electron chi connectivity index (χ2n) is 7.07. The summed E-state index contributed by atoms with van der Waals surface area (Å²) >= 11 is 0. The molecule has 2 heterocycles. The van der Waals surface area contributed by atoms with Crippen LogP contribution in [0, 0.1) is 0 Å². The molecule has 1 aliphatic heterocycles. The minimum atomic E-state index is -3.12. The number of piperazine rings is 1. The molecular formula is C18H27N5O3S. The first-order chi connectivity index (χ1) is 12.7. The van der Waals surface area contributed by atoms with Crippen molar-refractivity contribution in [2.75, 3.05) is 46.0 Å². The van der Waals surface area contributed by atoms with Crippen molar-refractivity contribution in [3.63, 3.8) is 0 Å². The Labute approximate surface area is 160 Å². The molecule has 0 aliphatic carbocycles. The second-order valence-corrected chi connectivity index (χ2v) is 9.32. The first-order valence-electron chi connectivity index (χ1n) is 9.10. The third-order valence-electron chi connectivity index (χ3n) is 5.08. The van der Waals surface area contributed by atoms with Gasteiger partial charge >= 0.3 is 0 Å². The lowest BCUT2D eigenvalue weighted by molar-refractivity contribution is 0.0827. The third kappa shape index (κ3) is 3.99. The van der Waals surface area contributed by atoms with Gasteiger partial charge in [0.2, 0.25) is 10.0 Å². The molecule has 0 atom stereocenters. The average Bonchev–Trinajstić information content (AvgIpc) is 2.96. The zero-order valence-electron chi connectivity index (χ0n) is 16.3. The van der Waals surface area contributed by atoms with E-state index in [1.165, 1.54) is 0 Å². The molecule has 1 aliphatic rings. The van der Waals surface area contributed by atoms with E-state index < -0.39 is 10.0 Å². The largest absolute Gasteiger partial charge is 0.345 e. The zero-order valence-corrected chi connectivity index (χ0v) is 17.2. The second kappa shape index (κ2) is 7.57. The van der Waals surface area contributed by atoms with E-state index >= 15 is 0 Å². The number of rotatable bonds is 5. The van der Waals surface area contributed by atoms with Crippen molar-refractivity contribution in [3.05, 3.63) is 29.6 Å². The molecule has 0 spiro atoms. The quantitative estimate of drug-likeness (QED) is 0.749. The maximum atomic E-state index is 12.2. The van der Waals surface area contributed by atoms with Gasteiger partial charge in [-0.05, 0) is 25.1 Å². The normalized spacial score (nSPS) is 16.7. The fourth-order valence-electron chi connectivity index (χ4n) is 3.33. The van der Waals surface area contributed by atoms with E-state index in [0.29, 0.717) is 38.3 Å². The number of benzene rings is 1. The van der Waals surface area contributed by atoms with Crippen molar-refractivity contribution in [3.8, 4) is 0 Å². The van der Waals surface area contributed by atoms with Gasteiger partial charge in [-0.3, -0.25) is 9.69 Å². The minimum absolute atomic E-state index is 0.0441. The molecule has 27 heavy (non-hydrogen) atoms. The average molecular weight is 394 g/mol. The third-order valence-corrected chi connectivity index (χ3v) is 6.96. The molecule has 148 valence electrons. The van der Waals surface area contributed by atoms with E-state index in [-0.39, 0.29) is 11.7 Å². The van der Waals surface area contributed by atoms with Crippen molar-refractivity contribution in [2.24, 2.45) is 7.05 Å². The molecule has 1 saturated heterocycles. The lowest BCUT2D eigenvalue weighted by Gasteiger charge is -2.33. The van der Waals surface area contributed by atoms with Crippen molar-refractivity contribution in [2.45, 2.75) is 13.5 Å². The molecule has 8 nitrogen and oxygen atoms in total. The van der Waals surface area contributed by atoms with Crippen molar-refractivity contribution < 1.29 is 13.2 Å². The van der Waals surface area contributed by atoms with Gasteiger partial charge in [-0.1, -0.05) is 0 Å². The lowest BCUT2D eigenvalue weighted by Crippen LogP contribution is -2.48. The summed E-state index contributed by atoms with van der Waals surface area (Å²) in [6.45, 7) is 4.74. The molecule has 1 amide bonds. The number of carbonyl (C=O) groups is 1. The smallest absolute Gasteiger partial charge is 0.253 e. The Balaban J connectivity index is 1.74. The van der Waals surface area contributed by atoms with Crippen LogP contribution < -0.4 is 0 Å². The monoisotopic (exact) mass is 393 g/mol. The number of hydrogen-bond donors (Lipinski definition) is 0. The van der Waals surface area contributed by atoms with Crippen LogP contribution in [0.5, 0.6) is 0 Å². The number of amides is 1. The van der Waals surface area contributed by atoms with E-state index in [1.54, 1.807) is 30.2 Å². The van der Waals surface area contributed by atoms with Crippen molar-refractivity contribution in [1.82, 2.24) is 23.7 Å². The number of sulfonamides is 1. The molecule has 0 unspecified atom stereocenters. The molecule has 0 N–H and O–H groups in total. The van der Waals surface area contributed by atoms with E-state index in [2.05, 4.69) is 4.90 Å². The molecular weight excluding hydrogens is 366 g/mol. The maximum absolute atomic E-state index is 12.2. The maximum Gasteiger partial charge on any atom is 0.253 e. The number of hydrogen-bond acceptors (Lipinski definition) is 5.